The number of hydrogen-bond acceptors (Lipinski definition) is 1. The predicted molar refractivity (Wildman–Crippen MR) is 51.4 cm³/mol. The summed E-state index contributed by atoms with van der Waals surface area (Å²) in [7, 11) is 0. The van der Waals surface area contributed by atoms with Gasteiger partial charge in [-0.3, -0.25) is 0 Å². The van der Waals surface area contributed by atoms with Crippen LogP contribution in [0.15, 0.2) is 12.1 Å². The van der Waals surface area contributed by atoms with E-state index in [2.05, 4.69) is 0 Å². The molecule has 1 aromatic rings. The van der Waals surface area contributed by atoms with E-state index in [1.165, 1.54) is 0 Å². The first-order valence-corrected chi connectivity index (χ1v) is 4.58. The van der Waals surface area contributed by atoms with Crippen LogP contribution in [0.3, 0.4) is 0 Å². The third kappa shape index (κ3) is 2.01. The van der Waals surface area contributed by atoms with Gasteiger partial charge >= 0.3 is 0 Å². The molecule has 0 saturated carbocycles. The molecule has 0 saturated heterocycles. The van der Waals surface area contributed by atoms with E-state index in [-0.39, 0.29) is 10.6 Å². The van der Waals surface area contributed by atoms with Gasteiger partial charge in [-0.1, -0.05) is 30.7 Å². The summed E-state index contributed by atoms with van der Waals surface area (Å²) in [6.07, 6.45) is -0.283. The molecule has 1 aromatic carbocycles. The van der Waals surface area contributed by atoms with Gasteiger partial charge < -0.3 is 5.11 Å². The zero-order valence-corrected chi connectivity index (χ0v) is 8.40. The second-order valence-electron chi connectivity index (χ2n) is 3.02. The lowest BCUT2D eigenvalue weighted by atomic mass is 10.0. The minimum atomic E-state index is -0.766. The highest BCUT2D eigenvalue weighted by Crippen LogP contribution is 2.27. The summed E-state index contributed by atoms with van der Waals surface area (Å²) in [6, 6.07) is 3.28. The third-order valence-electron chi connectivity index (χ3n) is 2.05. The van der Waals surface area contributed by atoms with Crippen LogP contribution in [0.25, 0.3) is 0 Å². The van der Waals surface area contributed by atoms with Crippen molar-refractivity contribution in [1.29, 1.82) is 0 Å². The molecule has 0 heterocycles. The number of hydrogen-bond donors (Lipinski definition) is 1. The van der Waals surface area contributed by atoms with Crippen molar-refractivity contribution in [3.8, 4) is 0 Å². The number of aliphatic hydroxyl groups is 1. The van der Waals surface area contributed by atoms with E-state index in [4.69, 9.17) is 11.6 Å². The van der Waals surface area contributed by atoms with Gasteiger partial charge in [0.25, 0.3) is 0 Å². The molecule has 0 amide bonds. The van der Waals surface area contributed by atoms with E-state index in [0.717, 1.165) is 0 Å². The van der Waals surface area contributed by atoms with Gasteiger partial charge in [0.15, 0.2) is 0 Å². The van der Waals surface area contributed by atoms with Crippen LogP contribution in [0.5, 0.6) is 0 Å². The molecule has 72 valence electrons. The van der Waals surface area contributed by atoms with Crippen molar-refractivity contribution in [2.75, 3.05) is 0 Å². The molecule has 1 N–H and O–H groups in total. The summed E-state index contributed by atoms with van der Waals surface area (Å²) in [5, 5.41) is 9.53. The molecule has 0 aromatic heterocycles. The van der Waals surface area contributed by atoms with Gasteiger partial charge in [-0.2, -0.15) is 0 Å². The molecule has 1 nitrogen and oxygen atoms in total. The fourth-order valence-corrected chi connectivity index (χ4v) is 1.31. The summed E-state index contributed by atoms with van der Waals surface area (Å²) in [6.45, 7) is 3.52. The number of halogens is 2. The van der Waals surface area contributed by atoms with Crippen LogP contribution in [-0.2, 0) is 0 Å². The molecule has 1 unspecified atom stereocenters. The molecular weight excluding hydrogens is 191 g/mol. The molecule has 0 aliphatic heterocycles. The van der Waals surface area contributed by atoms with E-state index in [9.17, 15) is 9.50 Å². The van der Waals surface area contributed by atoms with Crippen molar-refractivity contribution in [3.63, 3.8) is 0 Å². The van der Waals surface area contributed by atoms with Crippen LogP contribution in [0, 0.1) is 12.7 Å². The second-order valence-corrected chi connectivity index (χ2v) is 3.40. The predicted octanol–water partition coefficient (Wildman–Crippen LogP) is 3.23. The zero-order valence-electron chi connectivity index (χ0n) is 7.64. The van der Waals surface area contributed by atoms with Crippen molar-refractivity contribution >= 4 is 11.6 Å². The maximum absolute atomic E-state index is 13.4. The van der Waals surface area contributed by atoms with Gasteiger partial charge in [-0.05, 0) is 18.9 Å². The molecule has 3 heteroatoms. The lowest BCUT2D eigenvalue weighted by molar-refractivity contribution is 0.169. The topological polar surface area (TPSA) is 20.2 Å². The van der Waals surface area contributed by atoms with Gasteiger partial charge in [0.2, 0.25) is 0 Å². The summed E-state index contributed by atoms with van der Waals surface area (Å²) < 4.78 is 13.4. The van der Waals surface area contributed by atoms with Crippen LogP contribution in [0.4, 0.5) is 4.39 Å². The maximum atomic E-state index is 13.4. The fraction of sp³-hybridized carbons (Fsp3) is 0.400. The molecule has 0 fully saturated rings. The van der Waals surface area contributed by atoms with Gasteiger partial charge in [0.05, 0.1) is 11.1 Å². The number of aryl methyl sites for hydroxylation is 1. The van der Waals surface area contributed by atoms with E-state index in [0.29, 0.717) is 12.0 Å². The van der Waals surface area contributed by atoms with E-state index in [1.54, 1.807) is 26.0 Å². The lowest BCUT2D eigenvalue weighted by Gasteiger charge is -2.11. The summed E-state index contributed by atoms with van der Waals surface area (Å²) in [5.74, 6) is -0.504. The van der Waals surface area contributed by atoms with E-state index in [1.807, 2.05) is 0 Å². The van der Waals surface area contributed by atoms with Crippen LogP contribution in [0.1, 0.15) is 30.6 Å². The third-order valence-corrected chi connectivity index (χ3v) is 2.51. The van der Waals surface area contributed by atoms with Crippen molar-refractivity contribution in [3.05, 3.63) is 34.1 Å². The van der Waals surface area contributed by atoms with Gasteiger partial charge in [0, 0.05) is 5.56 Å². The Labute approximate surface area is 82.2 Å². The Morgan fingerprint density at radius 3 is 2.69 bits per heavy atom. The lowest BCUT2D eigenvalue weighted by Crippen LogP contribution is -2.00. The van der Waals surface area contributed by atoms with Gasteiger partial charge in [-0.15, -0.1) is 0 Å². The Morgan fingerprint density at radius 2 is 2.15 bits per heavy atom. The van der Waals surface area contributed by atoms with Crippen LogP contribution in [-0.4, -0.2) is 5.11 Å². The summed E-state index contributed by atoms with van der Waals surface area (Å²) in [4.78, 5) is 0. The molecule has 0 aliphatic carbocycles. The monoisotopic (exact) mass is 202 g/mol. The van der Waals surface area contributed by atoms with Crippen LogP contribution >= 0.6 is 11.6 Å². The molecule has 1 atom stereocenters. The highest BCUT2D eigenvalue weighted by molar-refractivity contribution is 6.31. The molecule has 13 heavy (non-hydrogen) atoms. The van der Waals surface area contributed by atoms with Gasteiger partial charge in [-0.25, -0.2) is 4.39 Å². The van der Waals surface area contributed by atoms with Crippen molar-refractivity contribution < 1.29 is 9.50 Å². The number of aliphatic hydroxyl groups excluding tert-OH is 1. The smallest absolute Gasteiger partial charge is 0.147 e. The minimum absolute atomic E-state index is 0.102. The molecule has 0 radical (unpaired) electrons. The maximum Gasteiger partial charge on any atom is 0.147 e. The Hall–Kier alpha value is -0.600. The summed E-state index contributed by atoms with van der Waals surface area (Å²) >= 11 is 5.70. The first-order chi connectivity index (χ1) is 6.07. The van der Waals surface area contributed by atoms with Crippen LogP contribution in [0.2, 0.25) is 5.02 Å². The second kappa shape index (κ2) is 4.07. The standard InChI is InChI=1S/C10H12ClFO/c1-3-8(13)7-5-4-6(2)9(11)10(7)12/h4-5,8,13H,3H2,1-2H3. The quantitative estimate of drug-likeness (QED) is 0.781. The zero-order chi connectivity index (χ0) is 10.0. The normalized spacial score (nSPS) is 13.0. The average molecular weight is 203 g/mol. The molecular formula is C10H12ClFO. The van der Waals surface area contributed by atoms with Gasteiger partial charge in [0.1, 0.15) is 5.82 Å². The molecule has 0 aliphatic rings. The van der Waals surface area contributed by atoms with E-state index >= 15 is 0 Å². The largest absolute Gasteiger partial charge is 0.388 e. The fourth-order valence-electron chi connectivity index (χ4n) is 1.14. The average Bonchev–Trinajstić information content (AvgIpc) is 2.13. The highest BCUT2D eigenvalue weighted by atomic mass is 35.5. The SMILES string of the molecule is CCC(O)c1ccc(C)c(Cl)c1F. The van der Waals surface area contributed by atoms with Crippen molar-refractivity contribution in [2.24, 2.45) is 0 Å². The molecule has 0 bridgehead atoms. The van der Waals surface area contributed by atoms with Crippen molar-refractivity contribution in [1.82, 2.24) is 0 Å². The minimum Gasteiger partial charge on any atom is -0.388 e. The Kier molecular flexibility index (Phi) is 3.28. The Morgan fingerprint density at radius 1 is 1.54 bits per heavy atom. The Bertz CT molecular complexity index is 312. The first-order valence-electron chi connectivity index (χ1n) is 4.20. The first kappa shape index (κ1) is 10.5. The number of rotatable bonds is 2. The Balaban J connectivity index is 3.18. The highest BCUT2D eigenvalue weighted by Gasteiger charge is 2.14. The van der Waals surface area contributed by atoms with Crippen molar-refractivity contribution in [2.45, 2.75) is 26.4 Å². The van der Waals surface area contributed by atoms with Crippen LogP contribution < -0.4 is 0 Å². The molecule has 1 rings (SSSR count). The number of benzene rings is 1. The molecule has 0 spiro atoms. The summed E-state index contributed by atoms with van der Waals surface area (Å²) in [5.41, 5.74) is 0.962. The van der Waals surface area contributed by atoms with E-state index < -0.39 is 11.9 Å².